The van der Waals surface area contributed by atoms with E-state index < -0.39 is 47.9 Å². The lowest BCUT2D eigenvalue weighted by molar-refractivity contribution is -0.158. The van der Waals surface area contributed by atoms with E-state index in [0.717, 1.165) is 0 Å². The van der Waals surface area contributed by atoms with E-state index in [0.29, 0.717) is 25.7 Å². The number of hydrogen-bond donors (Lipinski definition) is 3. The Morgan fingerprint density at radius 3 is 2.21 bits per heavy atom. The lowest BCUT2D eigenvalue weighted by Crippen LogP contribution is -2.42. The molecular weight excluding hydrogens is 463 g/mol. The maximum atomic E-state index is 13.2. The maximum absolute atomic E-state index is 13.2. The van der Waals surface area contributed by atoms with Crippen molar-refractivity contribution in [3.63, 3.8) is 0 Å². The second kappa shape index (κ2) is 10.8. The zero-order chi connectivity index (χ0) is 25.9. The zero-order valence-electron chi connectivity index (χ0n) is 21.4. The molecule has 1 fully saturated rings. The molecular formula is C23H41N2O8P. The molecule has 11 heteroatoms. The summed E-state index contributed by atoms with van der Waals surface area (Å²) in [5, 5.41) is 8.95. The molecule has 3 N–H and O–H groups in total. The fraction of sp³-hybridized carbons (Fsp3) is 0.826. The van der Waals surface area contributed by atoms with Crippen LogP contribution < -0.4 is 11.2 Å². The van der Waals surface area contributed by atoms with Crippen molar-refractivity contribution >= 4 is 7.60 Å². The second-order valence-electron chi connectivity index (χ2n) is 9.57. The zero-order valence-corrected chi connectivity index (χ0v) is 22.3. The lowest BCUT2D eigenvalue weighted by atomic mass is 9.82. The number of nitrogens with one attached hydrogen (secondary N) is 1. The first kappa shape index (κ1) is 28.9. The first-order valence-corrected chi connectivity index (χ1v) is 13.7. The molecule has 1 saturated heterocycles. The van der Waals surface area contributed by atoms with Crippen LogP contribution in [0.25, 0.3) is 0 Å². The van der Waals surface area contributed by atoms with Gasteiger partial charge < -0.3 is 24.0 Å². The highest BCUT2D eigenvalue weighted by atomic mass is 31.2. The van der Waals surface area contributed by atoms with Crippen molar-refractivity contribution in [2.24, 2.45) is 5.92 Å². The molecule has 0 spiro atoms. The van der Waals surface area contributed by atoms with Gasteiger partial charge in [0.1, 0.15) is 6.10 Å². The third kappa shape index (κ3) is 5.91. The van der Waals surface area contributed by atoms with Crippen LogP contribution in [0.5, 0.6) is 0 Å². The standard InChI is InChI=1S/C23H41N2O8P/c1-8-16(15-22(9-2,10-3)33-34(29,30)23(28,11-4)12-5)18-19(32-21(6,7)31-18)25-14-13-17(26)24-20(25)27/h13-14,16,18-19,28H,8-12,15H2,1-7H3,(H,29,30)(H,24,26,27)/t16-,18-,19-/m1/s1. The molecule has 0 aliphatic carbocycles. The number of aromatic amines is 1. The van der Waals surface area contributed by atoms with Crippen molar-refractivity contribution in [2.45, 2.75) is 116 Å². The molecule has 1 unspecified atom stereocenters. The molecule has 2 rings (SSSR count). The SMILES string of the molecule is CC[C@H](CC(CC)(CC)OP(=O)(O)C(O)(CC)CC)[C@H]1OC(C)(C)O[C@H]1n1ccc(=O)[nH]c1=O. The summed E-state index contributed by atoms with van der Waals surface area (Å²) < 4.78 is 32.8. The van der Waals surface area contributed by atoms with Gasteiger partial charge >= 0.3 is 13.3 Å². The van der Waals surface area contributed by atoms with Crippen molar-refractivity contribution < 1.29 is 28.6 Å². The Morgan fingerprint density at radius 1 is 1.15 bits per heavy atom. The van der Waals surface area contributed by atoms with Gasteiger partial charge in [-0.25, -0.2) is 4.79 Å². The van der Waals surface area contributed by atoms with E-state index >= 15 is 0 Å². The number of aromatic nitrogens is 2. The van der Waals surface area contributed by atoms with Crippen molar-refractivity contribution in [1.82, 2.24) is 9.55 Å². The molecule has 4 atom stereocenters. The van der Waals surface area contributed by atoms with Gasteiger partial charge in [0.2, 0.25) is 0 Å². The predicted molar refractivity (Wildman–Crippen MR) is 129 cm³/mol. The fourth-order valence-electron chi connectivity index (χ4n) is 4.62. The van der Waals surface area contributed by atoms with Crippen LogP contribution in [0.2, 0.25) is 0 Å². The van der Waals surface area contributed by atoms with Crippen molar-refractivity contribution in [3.8, 4) is 0 Å². The van der Waals surface area contributed by atoms with E-state index in [4.69, 9.17) is 14.0 Å². The Hall–Kier alpha value is -1.29. The van der Waals surface area contributed by atoms with Gasteiger partial charge in [-0.05, 0) is 51.9 Å². The van der Waals surface area contributed by atoms with Crippen LogP contribution in [0.3, 0.4) is 0 Å². The first-order chi connectivity index (χ1) is 15.7. The Labute approximate surface area is 201 Å². The smallest absolute Gasteiger partial charge is 0.359 e. The summed E-state index contributed by atoms with van der Waals surface area (Å²) >= 11 is 0. The second-order valence-corrected chi connectivity index (χ2v) is 11.6. The summed E-state index contributed by atoms with van der Waals surface area (Å²) in [5.74, 6) is -1.21. The number of H-pyrrole nitrogens is 1. The van der Waals surface area contributed by atoms with Crippen LogP contribution in [-0.2, 0) is 18.6 Å². The number of nitrogens with zero attached hydrogens (tertiary/aromatic N) is 1. The molecule has 0 radical (unpaired) electrons. The van der Waals surface area contributed by atoms with Crippen LogP contribution in [0.1, 0.15) is 93.2 Å². The van der Waals surface area contributed by atoms with E-state index in [9.17, 15) is 24.2 Å². The molecule has 1 aliphatic rings. The summed E-state index contributed by atoms with van der Waals surface area (Å²) in [6.45, 7) is 12.5. The summed E-state index contributed by atoms with van der Waals surface area (Å²) in [6.07, 6.45) is 2.01. The quantitative estimate of drug-likeness (QED) is 0.365. The van der Waals surface area contributed by atoms with Crippen LogP contribution in [0, 0.1) is 5.92 Å². The molecule has 10 nitrogen and oxygen atoms in total. The van der Waals surface area contributed by atoms with Crippen LogP contribution in [-0.4, -0.2) is 42.4 Å². The highest BCUT2D eigenvalue weighted by Crippen LogP contribution is 2.61. The van der Waals surface area contributed by atoms with Gasteiger partial charge in [-0.15, -0.1) is 0 Å². The van der Waals surface area contributed by atoms with E-state index in [-0.39, 0.29) is 18.8 Å². The average Bonchev–Trinajstić information content (AvgIpc) is 3.10. The van der Waals surface area contributed by atoms with E-state index in [1.807, 2.05) is 20.8 Å². The third-order valence-corrected chi connectivity index (χ3v) is 9.44. The Kier molecular flexibility index (Phi) is 9.16. The van der Waals surface area contributed by atoms with Gasteiger partial charge in [0.05, 0.1) is 5.60 Å². The number of ether oxygens (including phenoxy) is 2. The number of hydrogen-bond acceptors (Lipinski definition) is 7. The van der Waals surface area contributed by atoms with Crippen molar-refractivity contribution in [1.29, 1.82) is 0 Å². The molecule has 0 amide bonds. The molecule has 2 heterocycles. The summed E-state index contributed by atoms with van der Waals surface area (Å²) in [7, 11) is -4.39. The molecule has 0 aromatic carbocycles. The average molecular weight is 505 g/mol. The summed E-state index contributed by atoms with van der Waals surface area (Å²) in [6, 6.07) is 1.25. The van der Waals surface area contributed by atoms with Gasteiger partial charge in [-0.2, -0.15) is 0 Å². The highest BCUT2D eigenvalue weighted by molar-refractivity contribution is 7.54. The van der Waals surface area contributed by atoms with Gasteiger partial charge in [-0.3, -0.25) is 18.9 Å². The van der Waals surface area contributed by atoms with Crippen LogP contribution >= 0.6 is 7.60 Å². The fourth-order valence-corrected chi connectivity index (χ4v) is 6.44. The van der Waals surface area contributed by atoms with E-state index in [2.05, 4.69) is 4.98 Å². The largest absolute Gasteiger partial charge is 0.377 e. The minimum atomic E-state index is -4.39. The Morgan fingerprint density at radius 2 is 1.74 bits per heavy atom. The van der Waals surface area contributed by atoms with Gasteiger partial charge in [0.25, 0.3) is 5.56 Å². The molecule has 196 valence electrons. The number of aliphatic hydroxyl groups is 1. The summed E-state index contributed by atoms with van der Waals surface area (Å²) in [5.41, 5.74) is -2.12. The minimum Gasteiger partial charge on any atom is -0.377 e. The van der Waals surface area contributed by atoms with Crippen LogP contribution in [0.4, 0.5) is 0 Å². The van der Waals surface area contributed by atoms with Gasteiger partial charge in [0.15, 0.2) is 17.4 Å². The minimum absolute atomic E-state index is 0.0863. The monoisotopic (exact) mass is 504 g/mol. The Bertz CT molecular complexity index is 980. The van der Waals surface area contributed by atoms with Crippen molar-refractivity contribution in [3.05, 3.63) is 33.1 Å². The molecule has 1 aromatic heterocycles. The topological polar surface area (TPSA) is 140 Å². The third-order valence-electron chi connectivity index (χ3n) is 7.12. The maximum Gasteiger partial charge on any atom is 0.359 e. The number of rotatable bonds is 12. The molecule has 1 aromatic rings. The normalized spacial score (nSPS) is 23.6. The Balaban J connectivity index is 2.44. The molecule has 34 heavy (non-hydrogen) atoms. The van der Waals surface area contributed by atoms with E-state index in [1.165, 1.54) is 16.8 Å². The van der Waals surface area contributed by atoms with Crippen molar-refractivity contribution in [2.75, 3.05) is 0 Å². The van der Waals surface area contributed by atoms with E-state index in [1.54, 1.807) is 27.7 Å². The first-order valence-electron chi connectivity index (χ1n) is 12.2. The van der Waals surface area contributed by atoms with Gasteiger partial charge in [-0.1, -0.05) is 41.0 Å². The van der Waals surface area contributed by atoms with Crippen LogP contribution in [0.15, 0.2) is 21.9 Å². The summed E-state index contributed by atoms with van der Waals surface area (Å²) in [4.78, 5) is 37.1. The molecule has 0 saturated carbocycles. The lowest BCUT2D eigenvalue weighted by Gasteiger charge is -2.41. The molecule has 0 bridgehead atoms. The molecule has 1 aliphatic heterocycles. The van der Waals surface area contributed by atoms with Gasteiger partial charge in [0, 0.05) is 12.3 Å². The highest BCUT2D eigenvalue weighted by Gasteiger charge is 2.52. The predicted octanol–water partition coefficient (Wildman–Crippen LogP) is 3.87.